The lowest BCUT2D eigenvalue weighted by molar-refractivity contribution is -0.157. The predicted molar refractivity (Wildman–Crippen MR) is 103 cm³/mol. The molecule has 0 aromatic heterocycles. The zero-order chi connectivity index (χ0) is 21.6. The van der Waals surface area contributed by atoms with Crippen molar-refractivity contribution >= 4 is 17.9 Å². The Balaban J connectivity index is 0. The molecule has 7 heteroatoms. The molecule has 0 bridgehead atoms. The summed E-state index contributed by atoms with van der Waals surface area (Å²) in [5, 5.41) is 7.57. The minimum atomic E-state index is -0.860. The molecule has 0 aliphatic carbocycles. The fourth-order valence-electron chi connectivity index (χ4n) is 1.46. The molecule has 0 aliphatic heterocycles. The summed E-state index contributed by atoms with van der Waals surface area (Å²) in [5.41, 5.74) is -0.116. The summed E-state index contributed by atoms with van der Waals surface area (Å²) >= 11 is 0. The Morgan fingerprint density at radius 2 is 0.963 bits per heavy atom. The van der Waals surface area contributed by atoms with Crippen LogP contribution in [0.1, 0.15) is 41.0 Å². The first-order valence-corrected chi connectivity index (χ1v) is 8.55. The van der Waals surface area contributed by atoms with E-state index in [-0.39, 0.29) is 43.1 Å². The van der Waals surface area contributed by atoms with Crippen molar-refractivity contribution in [3.8, 4) is 0 Å². The van der Waals surface area contributed by atoms with E-state index in [4.69, 9.17) is 19.3 Å². The Hall–Kier alpha value is -2.41. The van der Waals surface area contributed by atoms with E-state index in [2.05, 4.69) is 19.7 Å². The number of hydrogen-bond acceptors (Lipinski definition) is 7. The fraction of sp³-hybridized carbons (Fsp3) is 0.550. The van der Waals surface area contributed by atoms with E-state index in [1.165, 1.54) is 20.8 Å². The summed E-state index contributed by atoms with van der Waals surface area (Å²) in [6.07, 6.45) is 0.448. The van der Waals surface area contributed by atoms with Crippen LogP contribution in [0.3, 0.4) is 0 Å². The normalized spacial score (nSPS) is 10.0. The lowest BCUT2D eigenvalue weighted by Gasteiger charge is -2.31. The molecule has 27 heavy (non-hydrogen) atoms. The maximum atomic E-state index is 11.6. The minimum absolute atomic E-state index is 0.0812. The first-order chi connectivity index (χ1) is 12.5. The molecule has 7 nitrogen and oxygen atoms in total. The standard InChI is InChI=1S/C18H26O6.C2H6O/c1-8-18(9-22-15(19)12(2)3,10-23-16(20)13(4)5)11-24-17(21)14(6)7;1-2-3/h2,4,6,8-11H2,1,3,5,7H3;3H,2H2,1H3. The number of aliphatic hydroxyl groups is 1. The summed E-state index contributed by atoms with van der Waals surface area (Å²) in [6, 6.07) is 0. The van der Waals surface area contributed by atoms with Crippen LogP contribution in [0.25, 0.3) is 0 Å². The Labute approximate surface area is 161 Å². The zero-order valence-corrected chi connectivity index (χ0v) is 17.1. The highest BCUT2D eigenvalue weighted by Crippen LogP contribution is 2.25. The third-order valence-corrected chi connectivity index (χ3v) is 3.32. The van der Waals surface area contributed by atoms with Gasteiger partial charge in [-0.15, -0.1) is 0 Å². The molecule has 0 amide bonds. The van der Waals surface area contributed by atoms with Crippen LogP contribution in [0.15, 0.2) is 36.5 Å². The molecule has 0 saturated carbocycles. The second-order valence-electron chi connectivity index (χ2n) is 6.24. The highest BCUT2D eigenvalue weighted by molar-refractivity contribution is 5.88. The number of aliphatic hydroxyl groups excluding tert-OH is 1. The summed E-state index contributed by atoms with van der Waals surface area (Å²) in [7, 11) is 0. The second kappa shape index (κ2) is 13.7. The van der Waals surface area contributed by atoms with Crippen molar-refractivity contribution in [2.75, 3.05) is 26.4 Å². The third kappa shape index (κ3) is 11.8. The van der Waals surface area contributed by atoms with E-state index in [1.54, 1.807) is 6.92 Å². The lowest BCUT2D eigenvalue weighted by atomic mass is 9.88. The number of ether oxygens (including phenoxy) is 3. The minimum Gasteiger partial charge on any atom is -0.461 e. The molecule has 0 saturated heterocycles. The summed E-state index contributed by atoms with van der Waals surface area (Å²) < 4.78 is 15.5. The molecule has 0 aromatic rings. The van der Waals surface area contributed by atoms with Gasteiger partial charge in [-0.05, 0) is 34.1 Å². The van der Waals surface area contributed by atoms with Gasteiger partial charge in [0.2, 0.25) is 0 Å². The number of esters is 3. The van der Waals surface area contributed by atoms with E-state index in [0.29, 0.717) is 6.42 Å². The van der Waals surface area contributed by atoms with Gasteiger partial charge in [-0.25, -0.2) is 14.4 Å². The van der Waals surface area contributed by atoms with E-state index < -0.39 is 23.3 Å². The smallest absolute Gasteiger partial charge is 0.333 e. The summed E-state index contributed by atoms with van der Waals surface area (Å²) in [5.74, 6) is -1.69. The molecule has 0 atom stereocenters. The quantitative estimate of drug-likeness (QED) is 0.351. The van der Waals surface area contributed by atoms with Crippen LogP contribution < -0.4 is 0 Å². The van der Waals surface area contributed by atoms with E-state index in [1.807, 2.05) is 6.92 Å². The van der Waals surface area contributed by atoms with Crippen LogP contribution in [0.4, 0.5) is 0 Å². The van der Waals surface area contributed by atoms with Gasteiger partial charge in [-0.2, -0.15) is 0 Å². The number of carbonyl (C=O) groups is 3. The highest BCUT2D eigenvalue weighted by Gasteiger charge is 2.34. The van der Waals surface area contributed by atoms with Crippen molar-refractivity contribution in [2.45, 2.75) is 41.0 Å². The fourth-order valence-corrected chi connectivity index (χ4v) is 1.46. The maximum Gasteiger partial charge on any atom is 0.333 e. The molecule has 1 N–H and O–H groups in total. The predicted octanol–water partition coefficient (Wildman–Crippen LogP) is 2.74. The van der Waals surface area contributed by atoms with E-state index in [9.17, 15) is 14.4 Å². The number of carbonyl (C=O) groups excluding carboxylic acids is 3. The average molecular weight is 384 g/mol. The second-order valence-corrected chi connectivity index (χ2v) is 6.24. The van der Waals surface area contributed by atoms with Gasteiger partial charge in [0.1, 0.15) is 19.8 Å². The average Bonchev–Trinajstić information content (AvgIpc) is 2.60. The van der Waals surface area contributed by atoms with Crippen LogP contribution in [-0.4, -0.2) is 49.4 Å². The monoisotopic (exact) mass is 384 g/mol. The van der Waals surface area contributed by atoms with Crippen molar-refractivity contribution in [3.05, 3.63) is 36.5 Å². The van der Waals surface area contributed by atoms with Gasteiger partial charge in [0, 0.05) is 23.3 Å². The van der Waals surface area contributed by atoms with Gasteiger partial charge in [-0.3, -0.25) is 0 Å². The van der Waals surface area contributed by atoms with Gasteiger partial charge in [0.25, 0.3) is 0 Å². The van der Waals surface area contributed by atoms with Crippen molar-refractivity contribution in [2.24, 2.45) is 5.41 Å². The van der Waals surface area contributed by atoms with Crippen molar-refractivity contribution in [3.63, 3.8) is 0 Å². The van der Waals surface area contributed by atoms with Gasteiger partial charge in [0.15, 0.2) is 0 Å². The van der Waals surface area contributed by atoms with Gasteiger partial charge < -0.3 is 19.3 Å². The Morgan fingerprint density at radius 1 is 0.741 bits per heavy atom. The highest BCUT2D eigenvalue weighted by atomic mass is 16.6. The Morgan fingerprint density at radius 3 is 1.11 bits per heavy atom. The van der Waals surface area contributed by atoms with Gasteiger partial charge in [-0.1, -0.05) is 26.7 Å². The van der Waals surface area contributed by atoms with Crippen molar-refractivity contribution in [1.29, 1.82) is 0 Å². The molecule has 0 rings (SSSR count). The van der Waals surface area contributed by atoms with Crippen LogP contribution in [-0.2, 0) is 28.6 Å². The maximum absolute atomic E-state index is 11.6. The molecule has 154 valence electrons. The van der Waals surface area contributed by atoms with Crippen LogP contribution in [0.5, 0.6) is 0 Å². The molecule has 0 aromatic carbocycles. The molecule has 0 heterocycles. The van der Waals surface area contributed by atoms with Gasteiger partial charge >= 0.3 is 17.9 Å². The Bertz CT molecular complexity index is 487. The SMILES string of the molecule is C=C(C)C(=O)OCC(CC)(COC(=O)C(=C)C)COC(=O)C(=C)C.CCO. The number of hydrogen-bond donors (Lipinski definition) is 1. The van der Waals surface area contributed by atoms with Gasteiger partial charge in [0.05, 0.1) is 5.41 Å². The molecular weight excluding hydrogens is 352 g/mol. The Kier molecular flexibility index (Phi) is 13.7. The lowest BCUT2D eigenvalue weighted by Crippen LogP contribution is -2.39. The van der Waals surface area contributed by atoms with Crippen molar-refractivity contribution < 1.29 is 33.7 Å². The summed E-state index contributed by atoms with van der Waals surface area (Å²) in [6.45, 7) is 18.6. The largest absolute Gasteiger partial charge is 0.461 e. The van der Waals surface area contributed by atoms with E-state index in [0.717, 1.165) is 0 Å². The van der Waals surface area contributed by atoms with Crippen molar-refractivity contribution in [1.82, 2.24) is 0 Å². The zero-order valence-electron chi connectivity index (χ0n) is 17.1. The molecule has 0 unspecified atom stereocenters. The topological polar surface area (TPSA) is 99.1 Å². The third-order valence-electron chi connectivity index (χ3n) is 3.32. The molecule has 0 spiro atoms. The molecule has 0 radical (unpaired) electrons. The van der Waals surface area contributed by atoms with Crippen LogP contribution in [0.2, 0.25) is 0 Å². The first-order valence-electron chi connectivity index (χ1n) is 8.55. The van der Waals surface area contributed by atoms with Crippen LogP contribution >= 0.6 is 0 Å². The molecule has 0 aliphatic rings. The van der Waals surface area contributed by atoms with E-state index >= 15 is 0 Å². The summed E-state index contributed by atoms with van der Waals surface area (Å²) in [4.78, 5) is 34.9. The first kappa shape index (κ1) is 26.8. The molecular formula is C20H32O7. The van der Waals surface area contributed by atoms with Crippen LogP contribution in [0, 0.1) is 5.41 Å². The molecule has 0 fully saturated rings. The number of rotatable bonds is 10.